The summed E-state index contributed by atoms with van der Waals surface area (Å²) < 4.78 is 1.42. The molecule has 0 spiro atoms. The van der Waals surface area contributed by atoms with Gasteiger partial charge in [0.1, 0.15) is 5.69 Å². The first-order valence-corrected chi connectivity index (χ1v) is 8.47. The number of aromatic nitrogens is 2. The zero-order valence-electron chi connectivity index (χ0n) is 14.7. The number of hydrogen-bond acceptors (Lipinski definition) is 4. The fourth-order valence-corrected chi connectivity index (χ4v) is 3.32. The van der Waals surface area contributed by atoms with Crippen molar-refractivity contribution in [3.05, 3.63) is 47.8 Å². The lowest BCUT2D eigenvalue weighted by atomic mass is 9.92. The summed E-state index contributed by atoms with van der Waals surface area (Å²) in [6.45, 7) is 3.23. The SMILES string of the molecule is CC1CCN(C(=O)c2cc(C(N)=O)n(-c3ccccc3)n2)C(CN)C1.Cl. The summed E-state index contributed by atoms with van der Waals surface area (Å²) in [7, 11) is 0. The number of nitrogens with two attached hydrogens (primary N) is 2. The number of amides is 2. The molecule has 3 rings (SSSR count). The Labute approximate surface area is 158 Å². The Hall–Kier alpha value is -2.38. The highest BCUT2D eigenvalue weighted by atomic mass is 35.5. The number of carbonyl (C=O) groups is 2. The third kappa shape index (κ3) is 3.89. The molecule has 2 heterocycles. The van der Waals surface area contributed by atoms with E-state index < -0.39 is 5.91 Å². The molecular weight excluding hydrogens is 354 g/mol. The van der Waals surface area contributed by atoms with Crippen LogP contribution < -0.4 is 11.5 Å². The summed E-state index contributed by atoms with van der Waals surface area (Å²) in [5.74, 6) is -0.293. The normalized spacial score (nSPS) is 19.7. The Morgan fingerprint density at radius 3 is 2.58 bits per heavy atom. The molecule has 1 aliphatic heterocycles. The second-order valence-electron chi connectivity index (χ2n) is 6.54. The third-order valence-corrected chi connectivity index (χ3v) is 4.69. The monoisotopic (exact) mass is 377 g/mol. The van der Waals surface area contributed by atoms with Crippen LogP contribution in [0.2, 0.25) is 0 Å². The molecule has 26 heavy (non-hydrogen) atoms. The van der Waals surface area contributed by atoms with Crippen LogP contribution in [0.15, 0.2) is 36.4 Å². The fraction of sp³-hybridized carbons (Fsp3) is 0.389. The number of piperidine rings is 1. The Kier molecular flexibility index (Phi) is 6.39. The molecule has 1 saturated heterocycles. The number of carbonyl (C=O) groups excluding carboxylic acids is 2. The van der Waals surface area contributed by atoms with Gasteiger partial charge in [-0.05, 0) is 30.9 Å². The molecule has 140 valence electrons. The molecule has 2 amide bonds. The highest BCUT2D eigenvalue weighted by Gasteiger charge is 2.31. The lowest BCUT2D eigenvalue weighted by Gasteiger charge is -2.37. The molecule has 1 aromatic carbocycles. The number of benzene rings is 1. The van der Waals surface area contributed by atoms with Crippen LogP contribution in [-0.2, 0) is 0 Å². The molecule has 0 bridgehead atoms. The molecule has 2 aromatic rings. The van der Waals surface area contributed by atoms with E-state index in [-0.39, 0.29) is 35.7 Å². The first-order valence-electron chi connectivity index (χ1n) is 8.47. The van der Waals surface area contributed by atoms with Gasteiger partial charge in [-0.15, -0.1) is 12.4 Å². The van der Waals surface area contributed by atoms with Gasteiger partial charge in [-0.3, -0.25) is 9.59 Å². The van der Waals surface area contributed by atoms with Crippen molar-refractivity contribution < 1.29 is 9.59 Å². The van der Waals surface area contributed by atoms with E-state index in [2.05, 4.69) is 12.0 Å². The minimum Gasteiger partial charge on any atom is -0.364 e. The molecular formula is C18H24ClN5O2. The van der Waals surface area contributed by atoms with E-state index in [0.29, 0.717) is 24.7 Å². The summed E-state index contributed by atoms with van der Waals surface area (Å²) >= 11 is 0. The van der Waals surface area contributed by atoms with Gasteiger partial charge < -0.3 is 16.4 Å². The minimum atomic E-state index is -0.627. The van der Waals surface area contributed by atoms with E-state index in [1.807, 2.05) is 18.2 Å². The Morgan fingerprint density at radius 1 is 1.27 bits per heavy atom. The first-order chi connectivity index (χ1) is 12.0. The smallest absolute Gasteiger partial charge is 0.274 e. The zero-order valence-corrected chi connectivity index (χ0v) is 15.5. The number of likely N-dealkylation sites (tertiary alicyclic amines) is 1. The van der Waals surface area contributed by atoms with Gasteiger partial charge in [0.05, 0.1) is 5.69 Å². The van der Waals surface area contributed by atoms with Gasteiger partial charge in [0, 0.05) is 25.2 Å². The summed E-state index contributed by atoms with van der Waals surface area (Å²) in [5.41, 5.74) is 12.4. The van der Waals surface area contributed by atoms with E-state index in [1.54, 1.807) is 17.0 Å². The van der Waals surface area contributed by atoms with Crippen LogP contribution in [0.1, 0.15) is 40.7 Å². The molecule has 1 aromatic heterocycles. The summed E-state index contributed by atoms with van der Waals surface area (Å²) in [6, 6.07) is 10.6. The maximum atomic E-state index is 12.9. The molecule has 7 nitrogen and oxygen atoms in total. The van der Waals surface area contributed by atoms with Crippen molar-refractivity contribution in [1.82, 2.24) is 14.7 Å². The largest absolute Gasteiger partial charge is 0.364 e. The van der Waals surface area contributed by atoms with Gasteiger partial charge in [-0.25, -0.2) is 4.68 Å². The fourth-order valence-electron chi connectivity index (χ4n) is 3.32. The van der Waals surface area contributed by atoms with Crippen LogP contribution in [0.4, 0.5) is 0 Å². The molecule has 4 N–H and O–H groups in total. The van der Waals surface area contributed by atoms with Crippen LogP contribution in [0.25, 0.3) is 5.69 Å². The number of nitrogens with zero attached hydrogens (tertiary/aromatic N) is 3. The van der Waals surface area contributed by atoms with E-state index in [9.17, 15) is 9.59 Å². The van der Waals surface area contributed by atoms with Crippen LogP contribution in [-0.4, -0.2) is 45.6 Å². The average molecular weight is 378 g/mol. The van der Waals surface area contributed by atoms with Gasteiger partial charge in [0.15, 0.2) is 5.69 Å². The molecule has 2 atom stereocenters. The number of halogens is 1. The van der Waals surface area contributed by atoms with E-state index in [4.69, 9.17) is 11.5 Å². The van der Waals surface area contributed by atoms with Crippen molar-refractivity contribution >= 4 is 24.2 Å². The second-order valence-corrected chi connectivity index (χ2v) is 6.54. The number of rotatable bonds is 4. The van der Waals surface area contributed by atoms with E-state index >= 15 is 0 Å². The standard InChI is InChI=1S/C18H23N5O2.ClH/c1-12-7-8-22(14(9-12)11-19)18(25)15-10-16(17(20)24)23(21-15)13-5-3-2-4-6-13;/h2-6,10,12,14H,7-9,11,19H2,1H3,(H2,20,24);1H. The second kappa shape index (κ2) is 8.33. The van der Waals surface area contributed by atoms with Crippen molar-refractivity contribution in [3.63, 3.8) is 0 Å². The van der Waals surface area contributed by atoms with Crippen LogP contribution in [0.3, 0.4) is 0 Å². The molecule has 2 unspecified atom stereocenters. The van der Waals surface area contributed by atoms with Crippen LogP contribution in [0.5, 0.6) is 0 Å². The Morgan fingerprint density at radius 2 is 1.96 bits per heavy atom. The van der Waals surface area contributed by atoms with Gasteiger partial charge in [-0.1, -0.05) is 25.1 Å². The van der Waals surface area contributed by atoms with Crippen molar-refractivity contribution in [1.29, 1.82) is 0 Å². The molecule has 1 fully saturated rings. The van der Waals surface area contributed by atoms with Crippen molar-refractivity contribution in [2.75, 3.05) is 13.1 Å². The molecule has 8 heteroatoms. The van der Waals surface area contributed by atoms with Gasteiger partial charge in [0.25, 0.3) is 11.8 Å². The first kappa shape index (κ1) is 19.9. The lowest BCUT2D eigenvalue weighted by molar-refractivity contribution is 0.0567. The quantitative estimate of drug-likeness (QED) is 0.843. The predicted octanol–water partition coefficient (Wildman–Crippen LogP) is 1.59. The van der Waals surface area contributed by atoms with Crippen LogP contribution in [0, 0.1) is 5.92 Å². The maximum absolute atomic E-state index is 12.9. The van der Waals surface area contributed by atoms with E-state index in [0.717, 1.165) is 12.8 Å². The third-order valence-electron chi connectivity index (χ3n) is 4.69. The highest BCUT2D eigenvalue weighted by Crippen LogP contribution is 2.24. The number of para-hydroxylation sites is 1. The Bertz CT molecular complexity index is 777. The van der Waals surface area contributed by atoms with Crippen molar-refractivity contribution in [3.8, 4) is 5.69 Å². The van der Waals surface area contributed by atoms with Gasteiger partial charge in [0.2, 0.25) is 0 Å². The number of primary amides is 1. The van der Waals surface area contributed by atoms with Gasteiger partial charge >= 0.3 is 0 Å². The van der Waals surface area contributed by atoms with Gasteiger partial charge in [-0.2, -0.15) is 5.10 Å². The molecule has 0 aliphatic carbocycles. The summed E-state index contributed by atoms with van der Waals surface area (Å²) in [4.78, 5) is 26.5. The average Bonchev–Trinajstić information content (AvgIpc) is 3.07. The maximum Gasteiger partial charge on any atom is 0.274 e. The highest BCUT2D eigenvalue weighted by molar-refractivity contribution is 5.97. The zero-order chi connectivity index (χ0) is 18.0. The molecule has 0 saturated carbocycles. The molecule has 1 aliphatic rings. The lowest BCUT2D eigenvalue weighted by Crippen LogP contribution is -2.49. The minimum absolute atomic E-state index is 0. The van der Waals surface area contributed by atoms with Crippen molar-refractivity contribution in [2.24, 2.45) is 17.4 Å². The molecule has 0 radical (unpaired) electrons. The Balaban J connectivity index is 0.00000243. The predicted molar refractivity (Wildman–Crippen MR) is 102 cm³/mol. The van der Waals surface area contributed by atoms with E-state index in [1.165, 1.54) is 10.7 Å². The topological polar surface area (TPSA) is 107 Å². The summed E-state index contributed by atoms with van der Waals surface area (Å²) in [5, 5.41) is 4.35. The van der Waals surface area contributed by atoms with Crippen LogP contribution >= 0.6 is 12.4 Å². The summed E-state index contributed by atoms with van der Waals surface area (Å²) in [6.07, 6.45) is 1.81. The number of hydrogen-bond donors (Lipinski definition) is 2. The van der Waals surface area contributed by atoms with Crippen molar-refractivity contribution in [2.45, 2.75) is 25.8 Å².